The molecule has 2 heterocycles. The van der Waals surface area contributed by atoms with Gasteiger partial charge in [0.15, 0.2) is 0 Å². The molecular weight excluding hydrogens is 471 g/mol. The zero-order chi connectivity index (χ0) is 23.9. The van der Waals surface area contributed by atoms with Crippen LogP contribution in [0.5, 0.6) is 0 Å². The summed E-state index contributed by atoms with van der Waals surface area (Å²) in [6.07, 6.45) is 1.31. The number of benzene rings is 1. The van der Waals surface area contributed by atoms with Crippen molar-refractivity contribution in [2.75, 3.05) is 9.62 Å². The Morgan fingerprint density at radius 1 is 1.16 bits per heavy atom. The highest BCUT2D eigenvalue weighted by atomic mass is 32.2. The van der Waals surface area contributed by atoms with Crippen LogP contribution in [0.2, 0.25) is 0 Å². The number of imide groups is 1. The normalized spacial score (nSPS) is 16.6. The summed E-state index contributed by atoms with van der Waals surface area (Å²) in [5, 5.41) is 4.93. The molecule has 32 heavy (non-hydrogen) atoms. The molecule has 1 saturated heterocycles. The third kappa shape index (κ3) is 5.31. The van der Waals surface area contributed by atoms with Gasteiger partial charge in [-0.2, -0.15) is 21.6 Å². The van der Waals surface area contributed by atoms with Crippen LogP contribution < -0.4 is 14.8 Å². The van der Waals surface area contributed by atoms with Crippen molar-refractivity contribution in [1.29, 1.82) is 0 Å². The van der Waals surface area contributed by atoms with Crippen LogP contribution in [0.3, 0.4) is 0 Å². The van der Waals surface area contributed by atoms with Gasteiger partial charge in [-0.3, -0.25) is 9.52 Å². The Labute approximate surface area is 186 Å². The maximum absolute atomic E-state index is 13.1. The van der Waals surface area contributed by atoms with Crippen LogP contribution in [0.15, 0.2) is 47.5 Å². The molecule has 1 aliphatic heterocycles. The van der Waals surface area contributed by atoms with E-state index in [0.717, 1.165) is 4.90 Å². The molecule has 0 aliphatic carbocycles. The number of nitrogens with two attached hydrogens (primary N) is 1. The highest BCUT2D eigenvalue weighted by Gasteiger charge is 2.51. The Bertz CT molecular complexity index is 1150. The van der Waals surface area contributed by atoms with Gasteiger partial charge in [-0.1, -0.05) is 0 Å². The number of pyridine rings is 1. The molecule has 0 saturated carbocycles. The second kappa shape index (κ2) is 8.26. The van der Waals surface area contributed by atoms with Gasteiger partial charge in [0.05, 0.1) is 5.69 Å². The lowest BCUT2D eigenvalue weighted by Crippen LogP contribution is -2.43. The summed E-state index contributed by atoms with van der Waals surface area (Å²) in [7, 11) is -4.05. The van der Waals surface area contributed by atoms with Crippen LogP contribution in [0.4, 0.5) is 29.5 Å². The van der Waals surface area contributed by atoms with Crippen molar-refractivity contribution < 1.29 is 31.2 Å². The zero-order valence-electron chi connectivity index (χ0n) is 16.8. The SMILES string of the molecule is CC1(C)C(=O)N(c2ccc(SC(F)(F)F)cc2)C(=O)N1Cc1ccnc(NS(N)(=O)=O)c1. The van der Waals surface area contributed by atoms with E-state index in [-0.39, 0.29) is 34.7 Å². The molecule has 0 bridgehead atoms. The average Bonchev–Trinajstić information content (AvgIpc) is 2.80. The molecule has 3 amide bonds. The third-order valence-electron chi connectivity index (χ3n) is 4.56. The van der Waals surface area contributed by atoms with Gasteiger partial charge >= 0.3 is 11.5 Å². The fourth-order valence-corrected chi connectivity index (χ4v) is 4.02. The first-order chi connectivity index (χ1) is 14.7. The first-order valence-electron chi connectivity index (χ1n) is 8.95. The lowest BCUT2D eigenvalue weighted by atomic mass is 10.0. The van der Waals surface area contributed by atoms with Crippen LogP contribution in [-0.4, -0.2) is 41.3 Å². The number of hydrogen-bond acceptors (Lipinski definition) is 6. The summed E-state index contributed by atoms with van der Waals surface area (Å²) in [6, 6.07) is 7.12. The number of amides is 3. The number of carbonyl (C=O) groups excluding carboxylic acids is 2. The number of carbonyl (C=O) groups is 2. The minimum Gasteiger partial charge on any atom is -0.305 e. The number of nitrogens with zero attached hydrogens (tertiary/aromatic N) is 3. The lowest BCUT2D eigenvalue weighted by Gasteiger charge is -2.27. The lowest BCUT2D eigenvalue weighted by molar-refractivity contribution is -0.123. The number of halogens is 3. The molecule has 9 nitrogen and oxygen atoms in total. The minimum atomic E-state index is -4.46. The summed E-state index contributed by atoms with van der Waals surface area (Å²) >= 11 is -0.302. The Morgan fingerprint density at radius 3 is 2.34 bits per heavy atom. The van der Waals surface area contributed by atoms with Crippen molar-refractivity contribution in [3.8, 4) is 0 Å². The number of urea groups is 1. The van der Waals surface area contributed by atoms with Crippen molar-refractivity contribution in [3.63, 3.8) is 0 Å². The molecule has 3 N–H and O–H groups in total. The average molecular weight is 490 g/mol. The minimum absolute atomic E-state index is 0.0576. The van der Waals surface area contributed by atoms with Crippen LogP contribution in [0, 0.1) is 0 Å². The smallest absolute Gasteiger partial charge is 0.305 e. The van der Waals surface area contributed by atoms with Gasteiger partial charge in [0, 0.05) is 17.6 Å². The summed E-state index contributed by atoms with van der Waals surface area (Å²) < 4.78 is 62.0. The molecule has 1 aliphatic rings. The standard InChI is InChI=1S/C18H18F3N5O4S2/c1-17(2)15(27)26(12-3-5-13(6-4-12)31-18(19,20)21)16(28)25(17)10-11-7-8-23-14(9-11)24-32(22,29)30/h3-9H,10H2,1-2H3,(H,23,24)(H2,22,29,30). The van der Waals surface area contributed by atoms with Crippen molar-refractivity contribution in [3.05, 3.63) is 48.2 Å². The highest BCUT2D eigenvalue weighted by Crippen LogP contribution is 2.38. The number of anilines is 2. The van der Waals surface area contributed by atoms with E-state index in [0.29, 0.717) is 5.56 Å². The van der Waals surface area contributed by atoms with E-state index in [1.807, 2.05) is 4.72 Å². The van der Waals surface area contributed by atoms with Crippen LogP contribution in [-0.2, 0) is 21.5 Å². The summed E-state index contributed by atoms with van der Waals surface area (Å²) in [5.41, 5.74) is -5.12. The Morgan fingerprint density at radius 2 is 1.78 bits per heavy atom. The monoisotopic (exact) mass is 489 g/mol. The number of alkyl halides is 3. The number of rotatable bonds is 6. The molecule has 3 rings (SSSR count). The number of hydrogen-bond donors (Lipinski definition) is 2. The first-order valence-corrected chi connectivity index (χ1v) is 11.3. The number of aromatic nitrogens is 1. The number of thioether (sulfide) groups is 1. The fourth-order valence-electron chi connectivity index (χ4n) is 3.08. The second-order valence-electron chi connectivity index (χ2n) is 7.31. The highest BCUT2D eigenvalue weighted by molar-refractivity contribution is 8.00. The number of nitrogens with one attached hydrogen (secondary N) is 1. The topological polar surface area (TPSA) is 126 Å². The van der Waals surface area contributed by atoms with Crippen LogP contribution in [0.25, 0.3) is 0 Å². The van der Waals surface area contributed by atoms with E-state index in [2.05, 4.69) is 4.98 Å². The molecule has 0 spiro atoms. The maximum atomic E-state index is 13.1. The maximum Gasteiger partial charge on any atom is 0.446 e. The first kappa shape index (κ1) is 23.8. The Kier molecular flexibility index (Phi) is 6.14. The Hall–Kier alpha value is -2.84. The van der Waals surface area contributed by atoms with E-state index in [9.17, 15) is 31.2 Å². The van der Waals surface area contributed by atoms with Gasteiger partial charge in [-0.25, -0.2) is 19.8 Å². The van der Waals surface area contributed by atoms with Gasteiger partial charge < -0.3 is 4.90 Å². The van der Waals surface area contributed by atoms with E-state index >= 15 is 0 Å². The molecule has 0 atom stereocenters. The van der Waals surface area contributed by atoms with Gasteiger partial charge in [0.1, 0.15) is 11.4 Å². The quantitative estimate of drug-likeness (QED) is 0.475. The van der Waals surface area contributed by atoms with Gasteiger partial charge in [-0.15, -0.1) is 0 Å². The second-order valence-corrected chi connectivity index (χ2v) is 9.74. The summed E-state index contributed by atoms with van der Waals surface area (Å²) in [5.74, 6) is -0.619. The molecule has 2 aromatic rings. The molecule has 14 heteroatoms. The molecule has 172 valence electrons. The van der Waals surface area contributed by atoms with Crippen molar-refractivity contribution in [2.45, 2.75) is 36.3 Å². The molecule has 1 fully saturated rings. The van der Waals surface area contributed by atoms with Gasteiger partial charge in [-0.05, 0) is 67.6 Å². The molecular formula is C18H18F3N5O4S2. The van der Waals surface area contributed by atoms with E-state index < -0.39 is 33.2 Å². The molecule has 1 aromatic heterocycles. The van der Waals surface area contributed by atoms with E-state index in [1.165, 1.54) is 61.3 Å². The van der Waals surface area contributed by atoms with Crippen molar-refractivity contribution in [1.82, 2.24) is 9.88 Å². The fraction of sp³-hybridized carbons (Fsp3) is 0.278. The molecule has 0 unspecified atom stereocenters. The van der Waals surface area contributed by atoms with Crippen molar-refractivity contribution in [2.24, 2.45) is 5.14 Å². The summed E-state index contributed by atoms with van der Waals surface area (Å²) in [6.45, 7) is 3.01. The largest absolute Gasteiger partial charge is 0.446 e. The third-order valence-corrected chi connectivity index (χ3v) is 5.80. The van der Waals surface area contributed by atoms with E-state index in [4.69, 9.17) is 5.14 Å². The Balaban J connectivity index is 1.85. The molecule has 1 aromatic carbocycles. The predicted molar refractivity (Wildman–Crippen MR) is 112 cm³/mol. The van der Waals surface area contributed by atoms with Crippen LogP contribution >= 0.6 is 11.8 Å². The zero-order valence-corrected chi connectivity index (χ0v) is 18.4. The van der Waals surface area contributed by atoms with Crippen molar-refractivity contribution >= 4 is 45.4 Å². The van der Waals surface area contributed by atoms with Crippen LogP contribution in [0.1, 0.15) is 19.4 Å². The molecule has 0 radical (unpaired) electrons. The predicted octanol–water partition coefficient (Wildman–Crippen LogP) is 3.06. The summed E-state index contributed by atoms with van der Waals surface area (Å²) in [4.78, 5) is 31.9. The van der Waals surface area contributed by atoms with Gasteiger partial charge in [0.25, 0.3) is 16.1 Å². The van der Waals surface area contributed by atoms with E-state index in [1.54, 1.807) is 0 Å². The van der Waals surface area contributed by atoms with Gasteiger partial charge in [0.2, 0.25) is 0 Å².